The summed E-state index contributed by atoms with van der Waals surface area (Å²) < 4.78 is 2.28. The summed E-state index contributed by atoms with van der Waals surface area (Å²) in [6, 6.07) is 82.8. The Balaban J connectivity index is 1.18. The second-order valence-electron chi connectivity index (χ2n) is 15.0. The highest BCUT2D eigenvalue weighted by Crippen LogP contribution is 2.45. The van der Waals surface area contributed by atoms with Gasteiger partial charge in [-0.25, -0.2) is 0 Å². The van der Waals surface area contributed by atoms with Crippen LogP contribution in [0.4, 0.5) is 17.1 Å². The van der Waals surface area contributed by atoms with Crippen LogP contribution < -0.4 is 4.90 Å². The van der Waals surface area contributed by atoms with Crippen molar-refractivity contribution < 1.29 is 0 Å². The Morgan fingerprint density at radius 2 is 0.833 bits per heavy atom. The average molecular weight is 767 g/mol. The molecule has 0 aliphatic heterocycles. The Kier molecular flexibility index (Phi) is 9.79. The first-order valence-corrected chi connectivity index (χ1v) is 20.5. The van der Waals surface area contributed by atoms with Gasteiger partial charge >= 0.3 is 0 Å². The lowest BCUT2D eigenvalue weighted by Crippen LogP contribution is -2.10. The highest BCUT2D eigenvalue weighted by Gasteiger charge is 2.20. The standard InChI is InChI=1S/C58H42N2/c1-2-42-18-15-16-27-51(42)53-36-34-49(40-56(53)45-21-9-4-10-22-45)60(48-32-30-44(31-33-48)43-19-7-3-8-20-43)50-35-37-54(57(41-50)46-23-11-5-12-24-46)52-28-17-29-58-55(52)38-39-59(58)47-25-13-6-14-26-47/h2-41H,1H2. The molecule has 0 saturated carbocycles. The van der Waals surface area contributed by atoms with E-state index in [1.54, 1.807) is 0 Å². The number of anilines is 3. The molecule has 10 aromatic rings. The fourth-order valence-electron chi connectivity index (χ4n) is 8.54. The van der Waals surface area contributed by atoms with Gasteiger partial charge in [-0.15, -0.1) is 0 Å². The van der Waals surface area contributed by atoms with Crippen LogP contribution in [0.2, 0.25) is 0 Å². The van der Waals surface area contributed by atoms with Gasteiger partial charge in [0.1, 0.15) is 0 Å². The topological polar surface area (TPSA) is 8.17 Å². The number of fused-ring (bicyclic) bond motifs is 1. The third kappa shape index (κ3) is 6.91. The van der Waals surface area contributed by atoms with Crippen molar-refractivity contribution >= 4 is 34.0 Å². The SMILES string of the molecule is C=Cc1ccccc1-c1ccc(N(c2ccc(-c3ccccc3)cc2)c2ccc(-c3cccc4c3ccn4-c3ccccc3)c(-c3ccccc3)c2)cc1-c1ccccc1. The summed E-state index contributed by atoms with van der Waals surface area (Å²) in [6.45, 7) is 4.16. The molecule has 1 heterocycles. The molecule has 0 radical (unpaired) electrons. The first-order chi connectivity index (χ1) is 29.7. The number of nitrogens with zero attached hydrogens (tertiary/aromatic N) is 2. The molecule has 2 heteroatoms. The van der Waals surface area contributed by atoms with Gasteiger partial charge in [0.15, 0.2) is 0 Å². The van der Waals surface area contributed by atoms with E-state index in [4.69, 9.17) is 0 Å². The van der Waals surface area contributed by atoms with E-state index in [-0.39, 0.29) is 0 Å². The smallest absolute Gasteiger partial charge is 0.0534 e. The van der Waals surface area contributed by atoms with Gasteiger partial charge in [0.05, 0.1) is 5.52 Å². The fraction of sp³-hybridized carbons (Fsp3) is 0. The predicted octanol–water partition coefficient (Wildman–Crippen LogP) is 16.1. The van der Waals surface area contributed by atoms with Crippen molar-refractivity contribution in [1.29, 1.82) is 0 Å². The molecule has 0 aliphatic rings. The second-order valence-corrected chi connectivity index (χ2v) is 15.0. The van der Waals surface area contributed by atoms with Gasteiger partial charge < -0.3 is 9.47 Å². The van der Waals surface area contributed by atoms with Crippen molar-refractivity contribution in [3.8, 4) is 61.3 Å². The van der Waals surface area contributed by atoms with Crippen LogP contribution >= 0.6 is 0 Å². The summed E-state index contributed by atoms with van der Waals surface area (Å²) >= 11 is 0. The first kappa shape index (κ1) is 36.4. The van der Waals surface area contributed by atoms with Crippen LogP contribution in [0.5, 0.6) is 0 Å². The number of aromatic nitrogens is 1. The lowest BCUT2D eigenvalue weighted by molar-refractivity contribution is 1.13. The molecule has 284 valence electrons. The van der Waals surface area contributed by atoms with Crippen molar-refractivity contribution in [1.82, 2.24) is 4.57 Å². The van der Waals surface area contributed by atoms with Crippen molar-refractivity contribution in [2.24, 2.45) is 0 Å². The number of hydrogen-bond acceptors (Lipinski definition) is 1. The summed E-state index contributed by atoms with van der Waals surface area (Å²) in [5.74, 6) is 0. The van der Waals surface area contributed by atoms with Crippen LogP contribution in [-0.4, -0.2) is 4.57 Å². The molecule has 0 unspecified atom stereocenters. The lowest BCUT2D eigenvalue weighted by Gasteiger charge is -2.28. The summed E-state index contributed by atoms with van der Waals surface area (Å²) in [5.41, 5.74) is 18.3. The van der Waals surface area contributed by atoms with E-state index in [1.807, 2.05) is 6.08 Å². The van der Waals surface area contributed by atoms with Crippen LogP contribution in [0.1, 0.15) is 5.56 Å². The van der Waals surface area contributed by atoms with Crippen LogP contribution in [0.25, 0.3) is 78.3 Å². The van der Waals surface area contributed by atoms with Crippen molar-refractivity contribution in [3.63, 3.8) is 0 Å². The maximum absolute atomic E-state index is 4.16. The zero-order valence-corrected chi connectivity index (χ0v) is 33.2. The Labute approximate surface area is 352 Å². The van der Waals surface area contributed by atoms with Gasteiger partial charge in [-0.1, -0.05) is 183 Å². The molecule has 9 aromatic carbocycles. The quantitative estimate of drug-likeness (QED) is 0.135. The molecule has 0 bridgehead atoms. The minimum atomic E-state index is 1.06. The minimum absolute atomic E-state index is 1.06. The van der Waals surface area contributed by atoms with Gasteiger partial charge in [0.2, 0.25) is 0 Å². The van der Waals surface area contributed by atoms with Crippen molar-refractivity contribution in [2.45, 2.75) is 0 Å². The summed E-state index contributed by atoms with van der Waals surface area (Å²) in [4.78, 5) is 2.40. The van der Waals surface area contributed by atoms with Crippen molar-refractivity contribution in [2.75, 3.05) is 4.90 Å². The average Bonchev–Trinajstić information content (AvgIpc) is 3.78. The molecule has 0 spiro atoms. The molecule has 0 aliphatic carbocycles. The zero-order valence-electron chi connectivity index (χ0n) is 33.2. The molecule has 0 amide bonds. The fourth-order valence-corrected chi connectivity index (χ4v) is 8.54. The minimum Gasteiger partial charge on any atom is -0.317 e. The molecular weight excluding hydrogens is 725 g/mol. The van der Waals surface area contributed by atoms with Crippen LogP contribution in [0.3, 0.4) is 0 Å². The number of rotatable bonds is 10. The van der Waals surface area contributed by atoms with Gasteiger partial charge in [-0.3, -0.25) is 0 Å². The third-order valence-corrected chi connectivity index (χ3v) is 11.5. The Morgan fingerprint density at radius 1 is 0.350 bits per heavy atom. The van der Waals surface area contributed by atoms with Gasteiger partial charge in [0, 0.05) is 34.3 Å². The van der Waals surface area contributed by atoms with E-state index >= 15 is 0 Å². The molecule has 60 heavy (non-hydrogen) atoms. The second kappa shape index (κ2) is 16.1. The number of benzene rings is 9. The van der Waals surface area contributed by atoms with E-state index in [9.17, 15) is 0 Å². The summed E-state index contributed by atoms with van der Waals surface area (Å²) in [5, 5.41) is 1.21. The van der Waals surface area contributed by atoms with E-state index in [2.05, 4.69) is 253 Å². The molecule has 0 fully saturated rings. The van der Waals surface area contributed by atoms with E-state index in [1.165, 1.54) is 38.7 Å². The highest BCUT2D eigenvalue weighted by molar-refractivity contribution is 6.01. The number of hydrogen-bond donors (Lipinski definition) is 0. The van der Waals surface area contributed by atoms with Gasteiger partial charge in [-0.2, -0.15) is 0 Å². The van der Waals surface area contributed by atoms with E-state index in [0.29, 0.717) is 0 Å². The Hall–Kier alpha value is -7.94. The van der Waals surface area contributed by atoms with Crippen LogP contribution in [0, 0.1) is 0 Å². The maximum atomic E-state index is 4.16. The Bertz CT molecular complexity index is 3070. The molecular formula is C58H42N2. The van der Waals surface area contributed by atoms with E-state index < -0.39 is 0 Å². The molecule has 2 nitrogen and oxygen atoms in total. The lowest BCUT2D eigenvalue weighted by atomic mass is 9.90. The number of para-hydroxylation sites is 1. The summed E-state index contributed by atoms with van der Waals surface area (Å²) in [7, 11) is 0. The molecule has 0 atom stereocenters. The summed E-state index contributed by atoms with van der Waals surface area (Å²) in [6.07, 6.45) is 4.13. The van der Waals surface area contributed by atoms with Gasteiger partial charge in [0.25, 0.3) is 0 Å². The monoisotopic (exact) mass is 766 g/mol. The van der Waals surface area contributed by atoms with Gasteiger partial charge in [-0.05, 0) is 122 Å². The first-order valence-electron chi connectivity index (χ1n) is 20.5. The molecule has 0 N–H and O–H groups in total. The molecule has 1 aromatic heterocycles. The van der Waals surface area contributed by atoms with Crippen LogP contribution in [0.15, 0.2) is 243 Å². The van der Waals surface area contributed by atoms with Crippen molar-refractivity contribution in [3.05, 3.63) is 249 Å². The molecule has 10 rings (SSSR count). The highest BCUT2D eigenvalue weighted by atomic mass is 15.1. The Morgan fingerprint density at radius 3 is 1.43 bits per heavy atom. The molecule has 0 saturated heterocycles. The van der Waals surface area contributed by atoms with Crippen LogP contribution in [-0.2, 0) is 0 Å². The normalized spacial score (nSPS) is 11.1. The van der Waals surface area contributed by atoms with E-state index in [0.717, 1.165) is 56.1 Å². The maximum Gasteiger partial charge on any atom is 0.0534 e. The largest absolute Gasteiger partial charge is 0.317 e. The zero-order chi connectivity index (χ0) is 40.3. The predicted molar refractivity (Wildman–Crippen MR) is 255 cm³/mol. The third-order valence-electron chi connectivity index (χ3n) is 11.5.